The van der Waals surface area contributed by atoms with Crippen LogP contribution < -0.4 is 0 Å². The summed E-state index contributed by atoms with van der Waals surface area (Å²) in [5.41, 5.74) is 2.00. The summed E-state index contributed by atoms with van der Waals surface area (Å²) in [6.45, 7) is 5.23. The lowest BCUT2D eigenvalue weighted by Gasteiger charge is -2.03. The first kappa shape index (κ1) is 13.5. The van der Waals surface area contributed by atoms with Crippen LogP contribution in [0.15, 0.2) is 24.5 Å². The molecule has 21 heavy (non-hydrogen) atoms. The number of nitrogens with zero attached hydrogens (tertiary/aromatic N) is 5. The highest BCUT2D eigenvalue weighted by atomic mass is 32.1. The van der Waals surface area contributed by atoms with E-state index in [0.717, 1.165) is 21.9 Å². The van der Waals surface area contributed by atoms with E-state index in [1.165, 1.54) is 0 Å². The zero-order valence-electron chi connectivity index (χ0n) is 11.7. The number of hydrogen-bond acceptors (Lipinski definition) is 5. The van der Waals surface area contributed by atoms with E-state index in [4.69, 9.17) is 5.26 Å². The molecule has 0 saturated heterocycles. The van der Waals surface area contributed by atoms with Crippen LogP contribution >= 0.6 is 11.3 Å². The third-order valence-corrected chi connectivity index (χ3v) is 4.10. The number of aromatic nitrogens is 5. The van der Waals surface area contributed by atoms with Crippen LogP contribution in [0.5, 0.6) is 0 Å². The average Bonchev–Trinajstić information content (AvgIpc) is 3.17. The van der Waals surface area contributed by atoms with Gasteiger partial charge < -0.3 is 0 Å². The van der Waals surface area contributed by atoms with Gasteiger partial charge in [0.2, 0.25) is 0 Å². The van der Waals surface area contributed by atoms with Gasteiger partial charge in [0.25, 0.3) is 0 Å². The summed E-state index contributed by atoms with van der Waals surface area (Å²) >= 11 is 1.58. The SMILES string of the molecule is CC(C)Cn1cc(-c2ccc(-c3n[nH]nc3C#N)s2)cn1. The molecule has 3 rings (SSSR count). The van der Waals surface area contributed by atoms with Crippen LogP contribution in [0.25, 0.3) is 21.0 Å². The molecule has 0 aliphatic heterocycles. The Morgan fingerprint density at radius 2 is 2.14 bits per heavy atom. The predicted molar refractivity (Wildman–Crippen MR) is 80.5 cm³/mol. The highest BCUT2D eigenvalue weighted by Crippen LogP contribution is 2.34. The molecule has 0 unspecified atom stereocenters. The molecule has 0 aliphatic carbocycles. The van der Waals surface area contributed by atoms with Crippen LogP contribution in [-0.2, 0) is 6.54 Å². The molecule has 0 radical (unpaired) electrons. The molecule has 0 spiro atoms. The smallest absolute Gasteiger partial charge is 0.191 e. The van der Waals surface area contributed by atoms with Gasteiger partial charge in [0, 0.05) is 23.2 Å². The Balaban J connectivity index is 1.88. The molecule has 106 valence electrons. The van der Waals surface area contributed by atoms with Gasteiger partial charge in [0.1, 0.15) is 11.8 Å². The van der Waals surface area contributed by atoms with Crippen LogP contribution in [-0.4, -0.2) is 25.2 Å². The summed E-state index contributed by atoms with van der Waals surface area (Å²) < 4.78 is 1.95. The summed E-state index contributed by atoms with van der Waals surface area (Å²) in [7, 11) is 0. The summed E-state index contributed by atoms with van der Waals surface area (Å²) in [6, 6.07) is 6.01. The summed E-state index contributed by atoms with van der Waals surface area (Å²) in [4.78, 5) is 2.03. The van der Waals surface area contributed by atoms with E-state index in [-0.39, 0.29) is 0 Å². The van der Waals surface area contributed by atoms with Crippen molar-refractivity contribution in [2.45, 2.75) is 20.4 Å². The van der Waals surface area contributed by atoms with E-state index in [2.05, 4.69) is 34.4 Å². The van der Waals surface area contributed by atoms with Crippen molar-refractivity contribution in [3.05, 3.63) is 30.2 Å². The van der Waals surface area contributed by atoms with E-state index in [1.54, 1.807) is 11.3 Å². The van der Waals surface area contributed by atoms with Crippen LogP contribution in [0.2, 0.25) is 0 Å². The van der Waals surface area contributed by atoms with Crippen molar-refractivity contribution in [1.82, 2.24) is 25.2 Å². The summed E-state index contributed by atoms with van der Waals surface area (Å²) in [5.74, 6) is 0.560. The second kappa shape index (κ2) is 5.50. The normalized spacial score (nSPS) is 11.0. The zero-order chi connectivity index (χ0) is 14.8. The number of nitriles is 1. The number of rotatable bonds is 4. The molecular weight excluding hydrogens is 284 g/mol. The first-order valence-corrected chi connectivity index (χ1v) is 7.43. The quantitative estimate of drug-likeness (QED) is 0.802. The molecule has 0 fully saturated rings. The molecule has 1 N–H and O–H groups in total. The van der Waals surface area contributed by atoms with Crippen molar-refractivity contribution in [2.75, 3.05) is 0 Å². The first-order chi connectivity index (χ1) is 10.2. The fourth-order valence-electron chi connectivity index (χ4n) is 2.07. The van der Waals surface area contributed by atoms with Crippen molar-refractivity contribution in [1.29, 1.82) is 5.26 Å². The molecule has 0 saturated carbocycles. The Labute approximate surface area is 126 Å². The van der Waals surface area contributed by atoms with E-state index in [9.17, 15) is 0 Å². The lowest BCUT2D eigenvalue weighted by molar-refractivity contribution is 0.483. The minimum atomic E-state index is 0.318. The van der Waals surface area contributed by atoms with Gasteiger partial charge in [-0.2, -0.15) is 20.7 Å². The molecular formula is C14H14N6S. The van der Waals surface area contributed by atoms with Gasteiger partial charge >= 0.3 is 0 Å². The Kier molecular flexibility index (Phi) is 3.54. The van der Waals surface area contributed by atoms with Gasteiger partial charge in [-0.25, -0.2) is 0 Å². The maximum absolute atomic E-state index is 9.00. The molecule has 3 aromatic heterocycles. The van der Waals surface area contributed by atoms with E-state index in [1.807, 2.05) is 35.3 Å². The number of hydrogen-bond donors (Lipinski definition) is 1. The van der Waals surface area contributed by atoms with E-state index < -0.39 is 0 Å². The predicted octanol–water partition coefficient (Wildman–Crippen LogP) is 2.92. The lowest BCUT2D eigenvalue weighted by atomic mass is 10.2. The van der Waals surface area contributed by atoms with Crippen LogP contribution in [0.3, 0.4) is 0 Å². The summed E-state index contributed by atoms with van der Waals surface area (Å²) in [5, 5.41) is 23.7. The largest absolute Gasteiger partial charge is 0.272 e. The minimum Gasteiger partial charge on any atom is -0.272 e. The van der Waals surface area contributed by atoms with E-state index >= 15 is 0 Å². The number of aromatic amines is 1. The molecule has 0 bridgehead atoms. The van der Waals surface area contributed by atoms with Crippen LogP contribution in [0.4, 0.5) is 0 Å². The Morgan fingerprint density at radius 1 is 1.33 bits per heavy atom. The van der Waals surface area contributed by atoms with Crippen molar-refractivity contribution in [3.63, 3.8) is 0 Å². The molecule has 3 heterocycles. The lowest BCUT2D eigenvalue weighted by Crippen LogP contribution is -2.03. The molecule has 0 atom stereocenters. The fraction of sp³-hybridized carbons (Fsp3) is 0.286. The number of nitrogens with one attached hydrogen (secondary N) is 1. The maximum atomic E-state index is 9.00. The van der Waals surface area contributed by atoms with Crippen LogP contribution in [0, 0.1) is 17.2 Å². The first-order valence-electron chi connectivity index (χ1n) is 6.61. The van der Waals surface area contributed by atoms with Gasteiger partial charge in [-0.05, 0) is 18.1 Å². The third kappa shape index (κ3) is 2.71. The van der Waals surface area contributed by atoms with Gasteiger partial charge in [0.15, 0.2) is 5.69 Å². The van der Waals surface area contributed by atoms with Crippen LogP contribution in [0.1, 0.15) is 19.5 Å². The Hall–Kier alpha value is -2.46. The second-order valence-corrected chi connectivity index (χ2v) is 6.23. The van der Waals surface area contributed by atoms with Gasteiger partial charge in [-0.3, -0.25) is 4.68 Å². The highest BCUT2D eigenvalue weighted by Gasteiger charge is 2.13. The molecule has 6 nitrogen and oxygen atoms in total. The Bertz CT molecular complexity index is 788. The van der Waals surface area contributed by atoms with Crippen molar-refractivity contribution in [2.24, 2.45) is 5.92 Å². The summed E-state index contributed by atoms with van der Waals surface area (Å²) in [6.07, 6.45) is 3.91. The minimum absolute atomic E-state index is 0.318. The molecule has 0 aliphatic rings. The molecule has 0 aromatic carbocycles. The van der Waals surface area contributed by atoms with Crippen molar-refractivity contribution in [3.8, 4) is 27.1 Å². The average molecular weight is 298 g/mol. The van der Waals surface area contributed by atoms with Crippen molar-refractivity contribution >= 4 is 11.3 Å². The third-order valence-electron chi connectivity index (χ3n) is 2.96. The highest BCUT2D eigenvalue weighted by molar-refractivity contribution is 7.18. The maximum Gasteiger partial charge on any atom is 0.191 e. The topological polar surface area (TPSA) is 83.2 Å². The number of thiophene rings is 1. The Morgan fingerprint density at radius 3 is 2.90 bits per heavy atom. The molecule has 0 amide bonds. The van der Waals surface area contributed by atoms with Gasteiger partial charge in [0.05, 0.1) is 11.1 Å². The molecule has 7 heteroatoms. The van der Waals surface area contributed by atoms with Gasteiger partial charge in [-0.15, -0.1) is 16.4 Å². The standard InChI is InChI=1S/C14H14N6S/c1-9(2)7-20-8-10(6-16-20)12-3-4-13(21-12)14-11(5-15)17-19-18-14/h3-4,6,8-9H,7H2,1-2H3,(H,17,18,19). The fourth-order valence-corrected chi connectivity index (χ4v) is 3.04. The number of H-pyrrole nitrogens is 1. The van der Waals surface area contributed by atoms with Gasteiger partial charge in [-0.1, -0.05) is 13.8 Å². The second-order valence-electron chi connectivity index (χ2n) is 5.14. The van der Waals surface area contributed by atoms with Crippen molar-refractivity contribution < 1.29 is 0 Å². The van der Waals surface area contributed by atoms with E-state index in [0.29, 0.717) is 17.3 Å². The zero-order valence-corrected chi connectivity index (χ0v) is 12.6. The monoisotopic (exact) mass is 298 g/mol. The molecule has 3 aromatic rings.